The molecule has 1 aliphatic rings. The number of alkyl halides is 1. The fourth-order valence-electron chi connectivity index (χ4n) is 3.92. The van der Waals surface area contributed by atoms with E-state index in [1.165, 1.54) is 6.92 Å². The third-order valence-corrected chi connectivity index (χ3v) is 5.25. The number of methoxy groups -OCH3 is 1. The van der Waals surface area contributed by atoms with E-state index < -0.39 is 77.8 Å². The number of esters is 4. The molecule has 1 fully saturated rings. The number of carbonyl (C=O) groups excluding carboxylic acids is 5. The van der Waals surface area contributed by atoms with Crippen molar-refractivity contribution in [1.29, 1.82) is 0 Å². The lowest BCUT2D eigenvalue weighted by molar-refractivity contribution is -0.320. The van der Waals surface area contributed by atoms with Gasteiger partial charge in [0.15, 0.2) is 6.10 Å². The third-order valence-electron chi connectivity index (χ3n) is 5.25. The van der Waals surface area contributed by atoms with Gasteiger partial charge in [0.25, 0.3) is 0 Å². The van der Waals surface area contributed by atoms with Crippen LogP contribution in [0.25, 0.3) is 0 Å². The summed E-state index contributed by atoms with van der Waals surface area (Å²) in [6.45, 7) is 11.1. The van der Waals surface area contributed by atoms with E-state index in [0.29, 0.717) is 0 Å². The first-order chi connectivity index (χ1) is 16.5. The zero-order chi connectivity index (χ0) is 28.0. The van der Waals surface area contributed by atoms with E-state index in [4.69, 9.17) is 23.7 Å². The predicted molar refractivity (Wildman–Crippen MR) is 120 cm³/mol. The molecular formula is C23H36FNO11. The highest BCUT2D eigenvalue weighted by atomic mass is 19.1. The van der Waals surface area contributed by atoms with Gasteiger partial charge >= 0.3 is 35.8 Å². The van der Waals surface area contributed by atoms with E-state index in [1.54, 1.807) is 34.6 Å². The number of hydrogen-bond donors (Lipinski definition) is 1. The molecular weight excluding hydrogens is 485 g/mol. The molecule has 0 aliphatic carbocycles. The van der Waals surface area contributed by atoms with Crippen molar-refractivity contribution < 1.29 is 56.8 Å². The van der Waals surface area contributed by atoms with Gasteiger partial charge in [0.1, 0.15) is 11.7 Å². The first kappa shape index (κ1) is 31.1. The van der Waals surface area contributed by atoms with Crippen LogP contribution in [0.15, 0.2) is 0 Å². The number of nitrogens with one attached hydrogen (secondary N) is 1. The van der Waals surface area contributed by atoms with E-state index in [9.17, 15) is 24.0 Å². The average molecular weight is 522 g/mol. The van der Waals surface area contributed by atoms with Crippen LogP contribution in [0.1, 0.15) is 61.8 Å². The molecule has 1 aliphatic heterocycles. The molecule has 0 aromatic rings. The van der Waals surface area contributed by atoms with Crippen molar-refractivity contribution in [3.05, 3.63) is 0 Å². The van der Waals surface area contributed by atoms with Gasteiger partial charge in [-0.05, 0) is 27.2 Å². The van der Waals surface area contributed by atoms with Gasteiger partial charge in [0.05, 0.1) is 19.3 Å². The van der Waals surface area contributed by atoms with Gasteiger partial charge in [-0.1, -0.05) is 13.8 Å². The Balaban J connectivity index is 3.73. The highest BCUT2D eigenvalue weighted by Gasteiger charge is 2.66. The number of hydrogen-bond acceptors (Lipinski definition) is 11. The van der Waals surface area contributed by atoms with Crippen molar-refractivity contribution in [2.75, 3.05) is 7.11 Å². The molecule has 206 valence electrons. The van der Waals surface area contributed by atoms with Crippen molar-refractivity contribution in [2.45, 2.75) is 104 Å². The number of ether oxygens (including phenoxy) is 6. The van der Waals surface area contributed by atoms with Crippen LogP contribution in [-0.4, -0.2) is 79.0 Å². The lowest BCUT2D eigenvalue weighted by Gasteiger charge is -2.49. The summed E-state index contributed by atoms with van der Waals surface area (Å²) in [4.78, 5) is 60.9. The summed E-state index contributed by atoms with van der Waals surface area (Å²) in [6, 6.07) is -1.47. The number of rotatable bonds is 8. The minimum Gasteiger partial charge on any atom is -0.464 e. The van der Waals surface area contributed by atoms with Crippen LogP contribution >= 0.6 is 0 Å². The van der Waals surface area contributed by atoms with E-state index in [1.807, 2.05) is 0 Å². The minimum absolute atomic E-state index is 0.260. The zero-order valence-corrected chi connectivity index (χ0v) is 22.0. The number of amides is 1. The van der Waals surface area contributed by atoms with Crippen LogP contribution in [0.2, 0.25) is 0 Å². The molecule has 7 atom stereocenters. The highest BCUT2D eigenvalue weighted by Crippen LogP contribution is 2.40. The Kier molecular flexibility index (Phi) is 10.6. The van der Waals surface area contributed by atoms with Crippen molar-refractivity contribution in [3.8, 4) is 0 Å². The second-order valence-electron chi connectivity index (χ2n) is 9.40. The molecule has 12 nitrogen and oxygen atoms in total. The van der Waals surface area contributed by atoms with Crippen LogP contribution in [0.4, 0.5) is 9.18 Å². The van der Waals surface area contributed by atoms with Crippen molar-refractivity contribution in [3.63, 3.8) is 0 Å². The molecule has 0 aromatic heterocycles. The summed E-state index contributed by atoms with van der Waals surface area (Å²) in [6.07, 6.45) is -7.53. The molecule has 0 aromatic carbocycles. The monoisotopic (exact) mass is 521 g/mol. The Morgan fingerprint density at radius 1 is 1.06 bits per heavy atom. The van der Waals surface area contributed by atoms with E-state index in [0.717, 1.165) is 21.0 Å². The van der Waals surface area contributed by atoms with Crippen molar-refractivity contribution >= 4 is 30.0 Å². The maximum atomic E-state index is 16.0. The topological polar surface area (TPSA) is 153 Å². The molecule has 13 heteroatoms. The van der Waals surface area contributed by atoms with Gasteiger partial charge < -0.3 is 33.7 Å². The summed E-state index contributed by atoms with van der Waals surface area (Å²) in [5, 5.41) is 2.44. The molecule has 1 N–H and O–H groups in total. The number of halogens is 1. The molecule has 0 radical (unpaired) electrons. The normalized spacial score (nSPS) is 27.6. The molecule has 0 saturated carbocycles. The average Bonchev–Trinajstić information content (AvgIpc) is 2.73. The van der Waals surface area contributed by atoms with E-state index in [-0.39, 0.29) is 6.42 Å². The van der Waals surface area contributed by atoms with Gasteiger partial charge in [0, 0.05) is 26.7 Å². The molecule has 0 bridgehead atoms. The first-order valence-corrected chi connectivity index (χ1v) is 11.4. The fourth-order valence-corrected chi connectivity index (χ4v) is 3.92. The van der Waals surface area contributed by atoms with Gasteiger partial charge in [-0.2, -0.15) is 0 Å². The van der Waals surface area contributed by atoms with Crippen LogP contribution in [0, 0.1) is 5.92 Å². The quantitative estimate of drug-likeness (QED) is 0.368. The highest BCUT2D eigenvalue weighted by molar-refractivity contribution is 5.83. The SMILES string of the molecule is CC[C@@H](OC(C)=O)[C@@H](C)C1O[C@@](OC(C)=O)(C(=O)OC)C(F)[C@@H](OC(C)=O)[C@H]1NC(=O)OC(C)(C)C. The summed E-state index contributed by atoms with van der Waals surface area (Å²) in [5.74, 6) is -7.94. The summed E-state index contributed by atoms with van der Waals surface area (Å²) >= 11 is 0. The van der Waals surface area contributed by atoms with E-state index in [2.05, 4.69) is 10.1 Å². The lowest BCUT2D eigenvalue weighted by atomic mass is 9.82. The lowest BCUT2D eigenvalue weighted by Crippen LogP contribution is -2.73. The molecule has 2 unspecified atom stereocenters. The molecule has 1 amide bonds. The van der Waals surface area contributed by atoms with E-state index >= 15 is 4.39 Å². The molecule has 1 saturated heterocycles. The van der Waals surface area contributed by atoms with Crippen LogP contribution < -0.4 is 5.32 Å². The summed E-state index contributed by atoms with van der Waals surface area (Å²) in [5.41, 5.74) is -0.940. The smallest absolute Gasteiger partial charge is 0.408 e. The fraction of sp³-hybridized carbons (Fsp3) is 0.783. The maximum absolute atomic E-state index is 16.0. The number of alkyl carbamates (subject to hydrolysis) is 1. The van der Waals surface area contributed by atoms with Crippen LogP contribution in [0.3, 0.4) is 0 Å². The maximum Gasteiger partial charge on any atom is 0.408 e. The second-order valence-corrected chi connectivity index (χ2v) is 9.40. The zero-order valence-electron chi connectivity index (χ0n) is 22.0. The van der Waals surface area contributed by atoms with Gasteiger partial charge in [-0.15, -0.1) is 0 Å². The third kappa shape index (κ3) is 7.77. The summed E-state index contributed by atoms with van der Waals surface area (Å²) < 4.78 is 47.3. The summed E-state index contributed by atoms with van der Waals surface area (Å²) in [7, 11) is 0.918. The van der Waals surface area contributed by atoms with Gasteiger partial charge in [-0.3, -0.25) is 14.4 Å². The standard InChI is InChI=1S/C23H36FNO11/c1-10-15(32-12(3)26)11(2)17-16(25-21(30)36-22(6,7)8)18(33-13(4)27)19(24)23(35-17,20(29)31-9)34-14(5)28/h11,15-19H,10H2,1-9H3,(H,25,30)/t11-,15-,16+,17?,18+,19?,23-/m1/s1. The molecule has 36 heavy (non-hydrogen) atoms. The minimum atomic E-state index is -2.99. The van der Waals surface area contributed by atoms with Crippen LogP contribution in [-0.2, 0) is 47.6 Å². The Morgan fingerprint density at radius 2 is 1.64 bits per heavy atom. The van der Waals surface area contributed by atoms with Gasteiger partial charge in [-0.25, -0.2) is 14.0 Å². The number of carbonyl (C=O) groups is 5. The molecule has 1 heterocycles. The Hall–Kier alpha value is -2.96. The molecule has 0 spiro atoms. The predicted octanol–water partition coefficient (Wildman–Crippen LogP) is 1.96. The largest absolute Gasteiger partial charge is 0.464 e. The Labute approximate surface area is 209 Å². The van der Waals surface area contributed by atoms with Gasteiger partial charge in [0.2, 0.25) is 6.17 Å². The first-order valence-electron chi connectivity index (χ1n) is 11.4. The Bertz CT molecular complexity index is 842. The van der Waals surface area contributed by atoms with Crippen molar-refractivity contribution in [2.24, 2.45) is 5.92 Å². The Morgan fingerprint density at radius 3 is 2.06 bits per heavy atom. The second kappa shape index (κ2) is 12.3. The van der Waals surface area contributed by atoms with Crippen molar-refractivity contribution in [1.82, 2.24) is 5.32 Å². The van der Waals surface area contributed by atoms with Crippen LogP contribution in [0.5, 0.6) is 0 Å². The molecule has 1 rings (SSSR count).